The molecule has 0 bridgehead atoms. The van der Waals surface area contributed by atoms with Crippen molar-refractivity contribution in [1.29, 1.82) is 0 Å². The quantitative estimate of drug-likeness (QED) is 0.341. The maximum absolute atomic E-state index is 11.6. The largest absolute Gasteiger partial charge is 0.295 e. The highest BCUT2D eigenvalue weighted by Crippen LogP contribution is 2.35. The lowest BCUT2D eigenvalue weighted by Gasteiger charge is -2.07. The Morgan fingerprint density at radius 3 is 1.17 bits per heavy atom. The molecule has 0 aromatic heterocycles. The molecule has 0 aliphatic carbocycles. The van der Waals surface area contributed by atoms with Crippen LogP contribution in [0.2, 0.25) is 0 Å². The number of hydrogen-bond donors (Lipinski definition) is 2. The van der Waals surface area contributed by atoms with Crippen LogP contribution in [-0.4, -0.2) is 25.9 Å². The molecule has 0 amide bonds. The minimum absolute atomic E-state index is 0.236. The van der Waals surface area contributed by atoms with Crippen LogP contribution in [0.15, 0.2) is 92.8 Å². The molecule has 0 saturated carbocycles. The number of azo groups is 1. The zero-order valence-corrected chi connectivity index (χ0v) is 16.8. The molecule has 0 unspecified atom stereocenters. The summed E-state index contributed by atoms with van der Waals surface area (Å²) in [7, 11) is -8.83. The van der Waals surface area contributed by atoms with Gasteiger partial charge >= 0.3 is 0 Å². The van der Waals surface area contributed by atoms with E-state index in [1.54, 1.807) is 48.5 Å². The lowest BCUT2D eigenvalue weighted by atomic mass is 10.1. The van der Waals surface area contributed by atoms with E-state index >= 15 is 0 Å². The van der Waals surface area contributed by atoms with Gasteiger partial charge in [0, 0.05) is 21.5 Å². The van der Waals surface area contributed by atoms with E-state index in [1.807, 2.05) is 0 Å². The zero-order valence-electron chi connectivity index (χ0n) is 15.2. The van der Waals surface area contributed by atoms with Crippen LogP contribution in [0, 0.1) is 0 Å². The van der Waals surface area contributed by atoms with Crippen molar-refractivity contribution in [2.75, 3.05) is 0 Å². The highest BCUT2D eigenvalue weighted by molar-refractivity contribution is 7.86. The average molecular weight is 442 g/mol. The van der Waals surface area contributed by atoms with Crippen molar-refractivity contribution in [3.05, 3.63) is 72.8 Å². The summed E-state index contributed by atoms with van der Waals surface area (Å²) in [5.41, 5.74) is 0.724. The van der Waals surface area contributed by atoms with E-state index in [-0.39, 0.29) is 9.79 Å². The SMILES string of the molecule is O=S(=O)(O)c1ccc(N=Nc2ccc(S(=O)(=O)O)c3ccccc23)c2ccccc12. The minimum atomic E-state index is -4.41. The molecular formula is C20H14N2O6S2. The van der Waals surface area contributed by atoms with Crippen molar-refractivity contribution in [3.63, 3.8) is 0 Å². The second kappa shape index (κ2) is 7.26. The van der Waals surface area contributed by atoms with Crippen LogP contribution in [0.5, 0.6) is 0 Å². The minimum Gasteiger partial charge on any atom is -0.282 e. The average Bonchev–Trinajstić information content (AvgIpc) is 2.70. The molecule has 0 saturated heterocycles. The Labute approximate surface area is 172 Å². The summed E-state index contributed by atoms with van der Waals surface area (Å²) in [4.78, 5) is -0.472. The summed E-state index contributed by atoms with van der Waals surface area (Å²) < 4.78 is 65.4. The van der Waals surface area contributed by atoms with Crippen LogP contribution in [0.25, 0.3) is 21.5 Å². The van der Waals surface area contributed by atoms with Crippen molar-refractivity contribution in [3.8, 4) is 0 Å². The van der Waals surface area contributed by atoms with Crippen molar-refractivity contribution in [1.82, 2.24) is 0 Å². The maximum atomic E-state index is 11.6. The summed E-state index contributed by atoms with van der Waals surface area (Å²) in [6, 6.07) is 18.4. The van der Waals surface area contributed by atoms with Gasteiger partial charge in [0.2, 0.25) is 0 Å². The first-order valence-electron chi connectivity index (χ1n) is 8.56. The van der Waals surface area contributed by atoms with E-state index in [9.17, 15) is 25.9 Å². The van der Waals surface area contributed by atoms with Crippen molar-refractivity contribution in [2.24, 2.45) is 10.2 Å². The van der Waals surface area contributed by atoms with E-state index in [4.69, 9.17) is 0 Å². The number of benzene rings is 4. The molecule has 10 heteroatoms. The lowest BCUT2D eigenvalue weighted by Crippen LogP contribution is -1.99. The van der Waals surface area contributed by atoms with Crippen LogP contribution < -0.4 is 0 Å². The van der Waals surface area contributed by atoms with E-state index in [2.05, 4.69) is 10.2 Å². The fraction of sp³-hybridized carbons (Fsp3) is 0. The predicted octanol–water partition coefficient (Wildman–Crippen LogP) is 4.90. The molecule has 0 spiro atoms. The normalized spacial score (nSPS) is 12.7. The Balaban J connectivity index is 1.88. The first-order chi connectivity index (χ1) is 14.2. The molecule has 8 nitrogen and oxygen atoms in total. The second-order valence-corrected chi connectivity index (χ2v) is 9.19. The molecule has 152 valence electrons. The molecule has 0 aliphatic rings. The fourth-order valence-electron chi connectivity index (χ4n) is 3.24. The van der Waals surface area contributed by atoms with Gasteiger partial charge in [-0.1, -0.05) is 48.5 Å². The first-order valence-corrected chi connectivity index (χ1v) is 11.4. The summed E-state index contributed by atoms with van der Waals surface area (Å²) in [5, 5.41) is 9.94. The highest BCUT2D eigenvalue weighted by atomic mass is 32.2. The number of nitrogens with zero attached hydrogens (tertiary/aromatic N) is 2. The molecule has 4 aromatic rings. The Morgan fingerprint density at radius 1 is 0.500 bits per heavy atom. The van der Waals surface area contributed by atoms with Crippen molar-refractivity contribution < 1.29 is 25.9 Å². The van der Waals surface area contributed by atoms with E-state index in [0.29, 0.717) is 32.9 Å². The van der Waals surface area contributed by atoms with Gasteiger partial charge in [-0.15, -0.1) is 10.2 Å². The van der Waals surface area contributed by atoms with Crippen LogP contribution in [-0.2, 0) is 20.2 Å². The van der Waals surface area contributed by atoms with Gasteiger partial charge in [0.1, 0.15) is 9.79 Å². The summed E-state index contributed by atoms with van der Waals surface area (Å²) in [6.45, 7) is 0. The number of rotatable bonds is 4. The number of fused-ring (bicyclic) bond motifs is 2. The third kappa shape index (κ3) is 3.68. The predicted molar refractivity (Wildman–Crippen MR) is 112 cm³/mol. The van der Waals surface area contributed by atoms with Crippen LogP contribution in [0.1, 0.15) is 0 Å². The molecule has 0 aliphatic heterocycles. The molecule has 2 N–H and O–H groups in total. The second-order valence-electron chi connectivity index (χ2n) is 6.41. The topological polar surface area (TPSA) is 133 Å². The van der Waals surface area contributed by atoms with Gasteiger partial charge in [0.25, 0.3) is 20.2 Å². The maximum Gasteiger partial charge on any atom is 0.295 e. The van der Waals surface area contributed by atoms with Gasteiger partial charge < -0.3 is 0 Å². The summed E-state index contributed by atoms with van der Waals surface area (Å²) in [5.74, 6) is 0. The standard InChI is InChI=1S/C20H14N2O6S2/c23-29(24,25)19-11-9-17(13-5-1-3-7-15(13)19)21-22-18-10-12-20(30(26,27)28)16-8-4-2-6-14(16)18/h1-12H,(H,23,24,25)(H,26,27,28). The van der Waals surface area contributed by atoms with Crippen LogP contribution in [0.3, 0.4) is 0 Å². The molecule has 0 fully saturated rings. The number of hydrogen-bond acceptors (Lipinski definition) is 6. The van der Waals surface area contributed by atoms with Crippen LogP contribution >= 0.6 is 0 Å². The molecule has 4 rings (SSSR count). The van der Waals surface area contributed by atoms with Crippen LogP contribution in [0.4, 0.5) is 11.4 Å². The Bertz CT molecular complexity index is 1430. The molecule has 30 heavy (non-hydrogen) atoms. The molecule has 0 heterocycles. The van der Waals surface area contributed by atoms with E-state index < -0.39 is 20.2 Å². The highest BCUT2D eigenvalue weighted by Gasteiger charge is 2.17. The van der Waals surface area contributed by atoms with Gasteiger partial charge in [-0.3, -0.25) is 9.11 Å². The van der Waals surface area contributed by atoms with E-state index in [0.717, 1.165) is 0 Å². The Hall–Kier alpha value is -3.18. The van der Waals surface area contributed by atoms with Gasteiger partial charge in [0.05, 0.1) is 11.4 Å². The van der Waals surface area contributed by atoms with Gasteiger partial charge in [-0.05, 0) is 24.3 Å². The third-order valence-corrected chi connectivity index (χ3v) is 6.37. The van der Waals surface area contributed by atoms with Crippen molar-refractivity contribution in [2.45, 2.75) is 9.79 Å². The van der Waals surface area contributed by atoms with E-state index in [1.165, 1.54) is 24.3 Å². The molecular weight excluding hydrogens is 428 g/mol. The summed E-state index contributed by atoms with van der Waals surface area (Å²) >= 11 is 0. The molecule has 0 atom stereocenters. The third-order valence-electron chi connectivity index (χ3n) is 4.54. The monoisotopic (exact) mass is 442 g/mol. The lowest BCUT2D eigenvalue weighted by molar-refractivity contribution is 0.482. The Kier molecular flexibility index (Phi) is 4.86. The van der Waals surface area contributed by atoms with Gasteiger partial charge in [0.15, 0.2) is 0 Å². The molecule has 4 aromatic carbocycles. The fourth-order valence-corrected chi connectivity index (χ4v) is 4.63. The van der Waals surface area contributed by atoms with Crippen molar-refractivity contribution >= 4 is 53.2 Å². The Morgan fingerprint density at radius 2 is 0.833 bits per heavy atom. The van der Waals surface area contributed by atoms with Gasteiger partial charge in [-0.2, -0.15) is 16.8 Å². The summed E-state index contributed by atoms with van der Waals surface area (Å²) in [6.07, 6.45) is 0. The van der Waals surface area contributed by atoms with Gasteiger partial charge in [-0.25, -0.2) is 0 Å². The molecule has 0 radical (unpaired) electrons. The smallest absolute Gasteiger partial charge is 0.282 e. The first kappa shape index (κ1) is 20.1. The zero-order chi connectivity index (χ0) is 21.5.